The molecule has 1 aliphatic carbocycles. The first-order valence-electron chi connectivity index (χ1n) is 9.97. The van der Waals surface area contributed by atoms with Gasteiger partial charge in [0, 0.05) is 46.3 Å². The van der Waals surface area contributed by atoms with Crippen LogP contribution in [0.4, 0.5) is 0 Å². The van der Waals surface area contributed by atoms with E-state index >= 15 is 0 Å². The SMILES string of the molecule is CN=C(NCCCOC1CCCc2ccccc21)N(C)CC1CCOC1.I. The fourth-order valence-corrected chi connectivity index (χ4v) is 3.97. The van der Waals surface area contributed by atoms with Gasteiger partial charge in [0.25, 0.3) is 0 Å². The van der Waals surface area contributed by atoms with Gasteiger partial charge in [0.1, 0.15) is 0 Å². The van der Waals surface area contributed by atoms with Gasteiger partial charge in [0.2, 0.25) is 0 Å². The van der Waals surface area contributed by atoms with E-state index in [1.807, 2.05) is 7.05 Å². The van der Waals surface area contributed by atoms with Crippen molar-refractivity contribution in [3.8, 4) is 0 Å². The predicted octanol–water partition coefficient (Wildman–Crippen LogP) is 3.63. The molecule has 1 N–H and O–H groups in total. The maximum atomic E-state index is 6.18. The summed E-state index contributed by atoms with van der Waals surface area (Å²) in [6, 6.07) is 8.71. The van der Waals surface area contributed by atoms with Crippen molar-refractivity contribution in [2.24, 2.45) is 10.9 Å². The maximum Gasteiger partial charge on any atom is 0.193 e. The molecule has 0 spiro atoms. The number of ether oxygens (including phenoxy) is 2. The largest absolute Gasteiger partial charge is 0.381 e. The van der Waals surface area contributed by atoms with Gasteiger partial charge >= 0.3 is 0 Å². The van der Waals surface area contributed by atoms with Gasteiger partial charge in [-0.25, -0.2) is 0 Å². The number of fused-ring (bicyclic) bond motifs is 1. The number of aryl methyl sites for hydroxylation is 1. The topological polar surface area (TPSA) is 46.1 Å². The van der Waals surface area contributed by atoms with Crippen LogP contribution in [0.15, 0.2) is 29.3 Å². The van der Waals surface area contributed by atoms with Crippen LogP contribution < -0.4 is 5.32 Å². The lowest BCUT2D eigenvalue weighted by Gasteiger charge is -2.26. The van der Waals surface area contributed by atoms with Gasteiger partial charge in [-0.1, -0.05) is 24.3 Å². The first-order valence-corrected chi connectivity index (χ1v) is 9.97. The van der Waals surface area contributed by atoms with Gasteiger partial charge in [0.15, 0.2) is 5.96 Å². The van der Waals surface area contributed by atoms with Crippen LogP contribution in [-0.2, 0) is 15.9 Å². The monoisotopic (exact) mass is 487 g/mol. The van der Waals surface area contributed by atoms with Crippen molar-refractivity contribution in [3.63, 3.8) is 0 Å². The Kier molecular flexibility index (Phi) is 9.86. The molecule has 5 nitrogen and oxygen atoms in total. The van der Waals surface area contributed by atoms with Crippen LogP contribution >= 0.6 is 24.0 Å². The number of hydrogen-bond donors (Lipinski definition) is 1. The highest BCUT2D eigenvalue weighted by Crippen LogP contribution is 2.32. The summed E-state index contributed by atoms with van der Waals surface area (Å²) in [7, 11) is 3.95. The minimum atomic E-state index is 0. The Morgan fingerprint density at radius 2 is 2.19 bits per heavy atom. The van der Waals surface area contributed by atoms with E-state index in [4.69, 9.17) is 9.47 Å². The van der Waals surface area contributed by atoms with E-state index in [1.54, 1.807) is 0 Å². The van der Waals surface area contributed by atoms with Crippen LogP contribution in [0.2, 0.25) is 0 Å². The molecule has 0 bridgehead atoms. The molecule has 152 valence electrons. The molecule has 1 aliphatic heterocycles. The van der Waals surface area contributed by atoms with Gasteiger partial charge in [-0.2, -0.15) is 0 Å². The second-order valence-corrected chi connectivity index (χ2v) is 7.39. The molecule has 2 unspecified atom stereocenters. The lowest BCUT2D eigenvalue weighted by molar-refractivity contribution is 0.0397. The quantitative estimate of drug-likeness (QED) is 0.276. The Morgan fingerprint density at radius 1 is 1.33 bits per heavy atom. The third kappa shape index (κ3) is 6.61. The zero-order valence-corrected chi connectivity index (χ0v) is 19.0. The van der Waals surface area contributed by atoms with Crippen LogP contribution in [0.5, 0.6) is 0 Å². The lowest BCUT2D eigenvalue weighted by Crippen LogP contribution is -2.42. The second kappa shape index (κ2) is 11.9. The second-order valence-electron chi connectivity index (χ2n) is 7.39. The van der Waals surface area contributed by atoms with E-state index in [0.717, 1.165) is 58.1 Å². The van der Waals surface area contributed by atoms with Crippen LogP contribution in [0.1, 0.15) is 42.9 Å². The molecule has 3 rings (SSSR count). The molecular weight excluding hydrogens is 453 g/mol. The summed E-state index contributed by atoms with van der Waals surface area (Å²) in [6.45, 7) is 4.43. The molecule has 2 atom stereocenters. The van der Waals surface area contributed by atoms with E-state index in [9.17, 15) is 0 Å². The van der Waals surface area contributed by atoms with E-state index in [2.05, 4.69) is 46.5 Å². The average molecular weight is 487 g/mol. The van der Waals surface area contributed by atoms with Crippen LogP contribution in [-0.4, -0.2) is 57.9 Å². The minimum Gasteiger partial charge on any atom is -0.381 e. The van der Waals surface area contributed by atoms with Crippen molar-refractivity contribution in [1.82, 2.24) is 10.2 Å². The van der Waals surface area contributed by atoms with E-state index < -0.39 is 0 Å². The molecule has 2 aliphatic rings. The zero-order valence-electron chi connectivity index (χ0n) is 16.7. The lowest BCUT2D eigenvalue weighted by atomic mass is 9.89. The normalized spacial score (nSPS) is 22.1. The molecule has 0 saturated carbocycles. The zero-order chi connectivity index (χ0) is 18.2. The molecule has 0 aromatic heterocycles. The summed E-state index contributed by atoms with van der Waals surface area (Å²) in [4.78, 5) is 6.60. The standard InChI is InChI=1S/C21H33N3O2.HI/c1-22-21(24(2)15-17-11-14-25-16-17)23-12-6-13-26-20-10-5-8-18-7-3-4-9-19(18)20;/h3-4,7,9,17,20H,5-6,8,10-16H2,1-2H3,(H,22,23);1H. The van der Waals surface area contributed by atoms with Gasteiger partial charge < -0.3 is 19.7 Å². The Hall–Kier alpha value is -0.860. The van der Waals surface area contributed by atoms with Crippen molar-refractivity contribution >= 4 is 29.9 Å². The molecule has 1 aromatic rings. The van der Waals surface area contributed by atoms with Crippen molar-refractivity contribution in [2.45, 2.75) is 38.2 Å². The Bertz CT molecular complexity index is 591. The van der Waals surface area contributed by atoms with Crippen LogP contribution in [0, 0.1) is 5.92 Å². The summed E-state index contributed by atoms with van der Waals surface area (Å²) in [5, 5.41) is 3.46. The molecule has 6 heteroatoms. The summed E-state index contributed by atoms with van der Waals surface area (Å²) in [5.74, 6) is 1.58. The number of hydrogen-bond acceptors (Lipinski definition) is 3. The molecule has 1 heterocycles. The Labute approximate surface area is 180 Å². The van der Waals surface area contributed by atoms with Crippen LogP contribution in [0.25, 0.3) is 0 Å². The van der Waals surface area contributed by atoms with Crippen molar-refractivity contribution in [1.29, 1.82) is 0 Å². The molecule has 27 heavy (non-hydrogen) atoms. The van der Waals surface area contributed by atoms with Gasteiger partial charge in [-0.05, 0) is 43.2 Å². The number of nitrogens with zero attached hydrogens (tertiary/aromatic N) is 2. The third-order valence-electron chi connectivity index (χ3n) is 5.37. The number of aliphatic imine (C=N–C) groups is 1. The fraction of sp³-hybridized carbons (Fsp3) is 0.667. The van der Waals surface area contributed by atoms with Crippen molar-refractivity contribution in [3.05, 3.63) is 35.4 Å². The van der Waals surface area contributed by atoms with E-state index in [-0.39, 0.29) is 30.1 Å². The molecule has 0 radical (unpaired) electrons. The third-order valence-corrected chi connectivity index (χ3v) is 5.37. The number of halogens is 1. The summed E-state index contributed by atoms with van der Waals surface area (Å²) in [6.07, 6.45) is 5.95. The highest BCUT2D eigenvalue weighted by molar-refractivity contribution is 14.0. The van der Waals surface area contributed by atoms with Gasteiger partial charge in [-0.3, -0.25) is 4.99 Å². The first kappa shape index (κ1) is 22.4. The number of nitrogens with one attached hydrogen (secondary N) is 1. The predicted molar refractivity (Wildman–Crippen MR) is 121 cm³/mol. The minimum absolute atomic E-state index is 0. The number of rotatable bonds is 7. The maximum absolute atomic E-state index is 6.18. The first-order chi connectivity index (χ1) is 12.8. The summed E-state index contributed by atoms with van der Waals surface area (Å²) < 4.78 is 11.6. The number of benzene rings is 1. The highest BCUT2D eigenvalue weighted by Gasteiger charge is 2.20. The molecule has 0 amide bonds. The van der Waals surface area contributed by atoms with Gasteiger partial charge in [-0.15, -0.1) is 24.0 Å². The van der Waals surface area contributed by atoms with Crippen LogP contribution in [0.3, 0.4) is 0 Å². The van der Waals surface area contributed by atoms with Crippen molar-refractivity contribution < 1.29 is 9.47 Å². The van der Waals surface area contributed by atoms with Crippen molar-refractivity contribution in [2.75, 3.05) is 47.0 Å². The molecule has 1 aromatic carbocycles. The Morgan fingerprint density at radius 3 is 2.96 bits per heavy atom. The summed E-state index contributed by atoms with van der Waals surface area (Å²) >= 11 is 0. The number of guanidine groups is 1. The fourth-order valence-electron chi connectivity index (χ4n) is 3.97. The van der Waals surface area contributed by atoms with Gasteiger partial charge in [0.05, 0.1) is 12.7 Å². The van der Waals surface area contributed by atoms with E-state index in [1.165, 1.54) is 24.0 Å². The van der Waals surface area contributed by atoms with E-state index in [0.29, 0.717) is 5.92 Å². The summed E-state index contributed by atoms with van der Waals surface area (Å²) in [5.41, 5.74) is 2.85. The Balaban J connectivity index is 0.00000261. The molecule has 1 saturated heterocycles. The molecule has 1 fully saturated rings. The highest BCUT2D eigenvalue weighted by atomic mass is 127. The smallest absolute Gasteiger partial charge is 0.193 e. The molecular formula is C21H34IN3O2. The average Bonchev–Trinajstić information content (AvgIpc) is 3.17.